The summed E-state index contributed by atoms with van der Waals surface area (Å²) in [6.45, 7) is -1.40. The highest BCUT2D eigenvalue weighted by Gasteiger charge is 2.45. The fourth-order valence-electron chi connectivity index (χ4n) is 0.796. The van der Waals surface area contributed by atoms with Crippen molar-refractivity contribution in [1.82, 2.24) is 4.92 Å². The molecule has 12 heavy (non-hydrogen) atoms. The van der Waals surface area contributed by atoms with Crippen molar-refractivity contribution in [3.8, 4) is 0 Å². The van der Waals surface area contributed by atoms with Crippen molar-refractivity contribution in [1.29, 1.82) is 0 Å². The molecular formula is C4H4BN3O4. The molecule has 0 N–H and O–H groups in total. The van der Waals surface area contributed by atoms with Crippen molar-refractivity contribution in [2.24, 2.45) is 0 Å². The first-order valence-electron chi connectivity index (χ1n) is 3.04. The van der Waals surface area contributed by atoms with E-state index in [0.29, 0.717) is 4.92 Å². The van der Waals surface area contributed by atoms with Gasteiger partial charge in [-0.3, -0.25) is 10.1 Å². The molecule has 0 aromatic rings. The van der Waals surface area contributed by atoms with Crippen LogP contribution >= 0.6 is 0 Å². The second-order valence-corrected chi connectivity index (χ2v) is 2.04. The Bertz CT molecular complexity index is 247. The zero-order chi connectivity index (χ0) is 9.14. The number of hydrazine groups is 1. The van der Waals surface area contributed by atoms with Crippen molar-refractivity contribution >= 4 is 6.98 Å². The van der Waals surface area contributed by atoms with E-state index in [9.17, 15) is 20.2 Å². The van der Waals surface area contributed by atoms with Crippen LogP contribution in [0.15, 0.2) is 24.3 Å². The van der Waals surface area contributed by atoms with Crippen LogP contribution in [-0.2, 0) is 0 Å². The van der Waals surface area contributed by atoms with Gasteiger partial charge in [-0.1, -0.05) is 11.0 Å². The first-order chi connectivity index (χ1) is 5.63. The van der Waals surface area contributed by atoms with E-state index in [0.717, 1.165) is 12.2 Å². The van der Waals surface area contributed by atoms with E-state index in [2.05, 4.69) is 0 Å². The minimum Gasteiger partial charge on any atom is -0.291 e. The summed E-state index contributed by atoms with van der Waals surface area (Å²) in [5.74, 6) is 1.14. The molecular weight excluding hydrogens is 165 g/mol. The Morgan fingerprint density at radius 2 is 1.92 bits per heavy atom. The SMILES string of the molecule is O=[N+]([O-])B1C=CC=CN1[N+](=O)[O-]. The topological polar surface area (TPSA) is 89.5 Å². The fourth-order valence-corrected chi connectivity index (χ4v) is 0.796. The van der Waals surface area contributed by atoms with Crippen molar-refractivity contribution in [3.05, 3.63) is 44.6 Å². The minimum absolute atomic E-state index is 0.431. The molecule has 1 aliphatic rings. The van der Waals surface area contributed by atoms with Gasteiger partial charge in [0, 0.05) is 0 Å². The second-order valence-electron chi connectivity index (χ2n) is 2.04. The maximum absolute atomic E-state index is 10.2. The summed E-state index contributed by atoms with van der Waals surface area (Å²) < 4.78 is 0. The van der Waals surface area contributed by atoms with Crippen LogP contribution in [0.3, 0.4) is 0 Å². The van der Waals surface area contributed by atoms with Crippen molar-refractivity contribution in [3.63, 3.8) is 0 Å². The number of nitro groups is 2. The van der Waals surface area contributed by atoms with Crippen molar-refractivity contribution in [2.45, 2.75) is 0 Å². The molecule has 0 aromatic carbocycles. The van der Waals surface area contributed by atoms with E-state index in [1.807, 2.05) is 0 Å². The van der Waals surface area contributed by atoms with Crippen LogP contribution < -0.4 is 0 Å². The Labute approximate surface area is 67.4 Å². The Hall–Kier alpha value is -1.86. The van der Waals surface area contributed by atoms with E-state index in [1.165, 1.54) is 12.2 Å². The average molecular weight is 169 g/mol. The molecule has 0 radical (unpaired) electrons. The van der Waals surface area contributed by atoms with Crippen LogP contribution in [-0.4, -0.2) is 21.8 Å². The van der Waals surface area contributed by atoms with Gasteiger partial charge in [0.05, 0.1) is 6.20 Å². The van der Waals surface area contributed by atoms with Gasteiger partial charge in [0.25, 0.3) is 0 Å². The number of allylic oxidation sites excluding steroid dienone is 2. The first-order valence-corrected chi connectivity index (χ1v) is 3.04. The Morgan fingerprint density at radius 3 is 2.33 bits per heavy atom. The van der Waals surface area contributed by atoms with Crippen LogP contribution in [0, 0.1) is 20.2 Å². The predicted octanol–water partition coefficient (Wildman–Crippen LogP) is -0.132. The first kappa shape index (κ1) is 8.24. The van der Waals surface area contributed by atoms with E-state index in [-0.39, 0.29) is 0 Å². The van der Waals surface area contributed by atoms with Crippen LogP contribution in [0.4, 0.5) is 0 Å². The summed E-state index contributed by atoms with van der Waals surface area (Å²) in [7, 11) is 0. The number of nitrogens with zero attached hydrogens (tertiary/aromatic N) is 3. The molecule has 0 spiro atoms. The van der Waals surface area contributed by atoms with Gasteiger partial charge in [-0.15, -0.1) is 0 Å². The van der Waals surface area contributed by atoms with Gasteiger partial charge in [0.1, 0.15) is 0 Å². The van der Waals surface area contributed by atoms with E-state index in [1.54, 1.807) is 0 Å². The van der Waals surface area contributed by atoms with Gasteiger partial charge in [-0.25, -0.2) is 10.1 Å². The summed E-state index contributed by atoms with van der Waals surface area (Å²) in [6, 6.07) is 0. The highest BCUT2D eigenvalue weighted by atomic mass is 16.7. The molecule has 0 saturated heterocycles. The van der Waals surface area contributed by atoms with Crippen molar-refractivity contribution in [2.75, 3.05) is 0 Å². The molecule has 0 aliphatic carbocycles. The lowest BCUT2D eigenvalue weighted by atomic mass is 9.75. The van der Waals surface area contributed by atoms with E-state index >= 15 is 0 Å². The summed E-state index contributed by atoms with van der Waals surface area (Å²) in [5.41, 5.74) is 0. The quantitative estimate of drug-likeness (QED) is 0.326. The lowest BCUT2D eigenvalue weighted by Crippen LogP contribution is -2.45. The monoisotopic (exact) mass is 169 g/mol. The third-order valence-electron chi connectivity index (χ3n) is 1.31. The van der Waals surface area contributed by atoms with Crippen LogP contribution in [0.1, 0.15) is 0 Å². The largest absolute Gasteiger partial charge is 0.757 e. The lowest BCUT2D eigenvalue weighted by molar-refractivity contribution is -0.622. The smallest absolute Gasteiger partial charge is 0.291 e. The molecule has 0 atom stereocenters. The maximum atomic E-state index is 10.2. The average Bonchev–Trinajstić information content (AvgIpc) is 2.04. The van der Waals surface area contributed by atoms with Crippen LogP contribution in [0.25, 0.3) is 0 Å². The highest BCUT2D eigenvalue weighted by molar-refractivity contribution is 6.53. The van der Waals surface area contributed by atoms with Crippen LogP contribution in [0.5, 0.6) is 0 Å². The Balaban J connectivity index is 2.85. The van der Waals surface area contributed by atoms with Crippen molar-refractivity contribution < 1.29 is 9.87 Å². The predicted molar refractivity (Wildman–Crippen MR) is 39.9 cm³/mol. The molecule has 62 valence electrons. The molecule has 0 amide bonds. The Kier molecular flexibility index (Phi) is 2.08. The third-order valence-corrected chi connectivity index (χ3v) is 1.31. The summed E-state index contributed by atoms with van der Waals surface area (Å²) >= 11 is 0. The lowest BCUT2D eigenvalue weighted by Gasteiger charge is -2.08. The Morgan fingerprint density at radius 1 is 1.25 bits per heavy atom. The molecule has 0 aromatic heterocycles. The number of rotatable bonds is 2. The molecule has 0 bridgehead atoms. The minimum atomic E-state index is -1.40. The van der Waals surface area contributed by atoms with Gasteiger partial charge < -0.3 is 0 Å². The zero-order valence-electron chi connectivity index (χ0n) is 5.86. The molecule has 0 saturated carbocycles. The normalized spacial score (nSPS) is 15.0. The van der Waals surface area contributed by atoms with Gasteiger partial charge in [-0.2, -0.15) is 0 Å². The summed E-state index contributed by atoms with van der Waals surface area (Å²) in [5, 5.41) is 19.6. The molecule has 1 aliphatic heterocycles. The zero-order valence-corrected chi connectivity index (χ0v) is 5.86. The molecule has 0 unspecified atom stereocenters. The second kappa shape index (κ2) is 3.03. The third kappa shape index (κ3) is 1.41. The molecule has 1 rings (SSSR count). The molecule has 8 heteroatoms. The fraction of sp³-hybridized carbons (Fsp3) is 0. The molecule has 1 heterocycles. The number of hydrogen-bond acceptors (Lipinski definition) is 4. The number of hydrogen-bond donors (Lipinski definition) is 0. The maximum Gasteiger partial charge on any atom is 0.757 e. The van der Waals surface area contributed by atoms with Gasteiger partial charge in [0.15, 0.2) is 5.03 Å². The highest BCUT2D eigenvalue weighted by Crippen LogP contribution is 2.04. The van der Waals surface area contributed by atoms with Gasteiger partial charge in [-0.05, 0) is 16.9 Å². The summed E-state index contributed by atoms with van der Waals surface area (Å²) in [6.07, 6.45) is 3.81. The van der Waals surface area contributed by atoms with Gasteiger partial charge in [0.2, 0.25) is 0 Å². The molecule has 7 nitrogen and oxygen atoms in total. The van der Waals surface area contributed by atoms with Crippen LogP contribution in [0.2, 0.25) is 0 Å². The van der Waals surface area contributed by atoms with E-state index < -0.39 is 16.8 Å². The van der Waals surface area contributed by atoms with E-state index in [4.69, 9.17) is 0 Å². The molecule has 0 fully saturated rings. The summed E-state index contributed by atoms with van der Waals surface area (Å²) in [4.78, 5) is 20.2. The standard InChI is InChI=1S/C4H4BN3O4/c9-7(10)5-3-1-2-4-6(5)8(11)12/h1-4H. The van der Waals surface area contributed by atoms with Gasteiger partial charge >= 0.3 is 6.98 Å².